The normalized spacial score (nSPS) is 19.5. The van der Waals surface area contributed by atoms with Crippen molar-refractivity contribution in [1.82, 2.24) is 15.6 Å². The second-order valence-electron chi connectivity index (χ2n) is 8.39. The van der Waals surface area contributed by atoms with Crippen molar-refractivity contribution in [3.63, 3.8) is 0 Å². The van der Waals surface area contributed by atoms with E-state index in [4.69, 9.17) is 4.74 Å². The summed E-state index contributed by atoms with van der Waals surface area (Å²) in [5.74, 6) is 2.62. The third kappa shape index (κ3) is 4.83. The number of para-hydroxylation sites is 1. The summed E-state index contributed by atoms with van der Waals surface area (Å²) < 4.78 is 6.15. The van der Waals surface area contributed by atoms with Crippen molar-refractivity contribution in [2.45, 2.75) is 51.7 Å². The number of pyridine rings is 1. The zero-order valence-corrected chi connectivity index (χ0v) is 17.6. The maximum absolute atomic E-state index is 6.15. The van der Waals surface area contributed by atoms with Crippen molar-refractivity contribution < 1.29 is 4.74 Å². The smallest absolute Gasteiger partial charge is 0.191 e. The van der Waals surface area contributed by atoms with Gasteiger partial charge < -0.3 is 15.4 Å². The first-order valence-corrected chi connectivity index (χ1v) is 10.0. The lowest BCUT2D eigenvalue weighted by Crippen LogP contribution is -2.46. The average Bonchev–Trinajstić information content (AvgIpc) is 2.66. The van der Waals surface area contributed by atoms with Gasteiger partial charge in [-0.3, -0.25) is 9.98 Å². The largest absolute Gasteiger partial charge is 0.487 e. The summed E-state index contributed by atoms with van der Waals surface area (Å²) in [5.41, 5.74) is 2.21. The van der Waals surface area contributed by atoms with Crippen molar-refractivity contribution in [3.8, 4) is 5.75 Å². The number of ether oxygens (including phenoxy) is 1. The molecular formula is C23H32N4O. The summed E-state index contributed by atoms with van der Waals surface area (Å²) in [6.45, 7) is 9.55. The monoisotopic (exact) mass is 380 g/mol. The number of aliphatic imine (C=N–C) groups is 1. The minimum Gasteiger partial charge on any atom is -0.487 e. The van der Waals surface area contributed by atoms with Crippen LogP contribution in [-0.4, -0.2) is 30.1 Å². The van der Waals surface area contributed by atoms with E-state index < -0.39 is 0 Å². The molecule has 2 N–H and O–H groups in total. The molecule has 1 aromatic carbocycles. The maximum Gasteiger partial charge on any atom is 0.191 e. The molecule has 0 saturated carbocycles. The highest BCUT2D eigenvalue weighted by atomic mass is 16.5. The van der Waals surface area contributed by atoms with Crippen molar-refractivity contribution in [2.24, 2.45) is 10.9 Å². The Morgan fingerprint density at radius 2 is 2.04 bits per heavy atom. The Hall–Kier alpha value is -2.56. The first kappa shape index (κ1) is 20.2. The third-order valence-electron chi connectivity index (χ3n) is 5.32. The average molecular weight is 381 g/mol. The highest BCUT2D eigenvalue weighted by molar-refractivity contribution is 5.80. The van der Waals surface area contributed by atoms with E-state index >= 15 is 0 Å². The van der Waals surface area contributed by atoms with Crippen LogP contribution in [0.25, 0.3) is 0 Å². The van der Waals surface area contributed by atoms with Gasteiger partial charge in [0.1, 0.15) is 11.4 Å². The summed E-state index contributed by atoms with van der Waals surface area (Å²) in [6, 6.07) is 12.5. The van der Waals surface area contributed by atoms with Crippen LogP contribution in [0.15, 0.2) is 53.8 Å². The quantitative estimate of drug-likeness (QED) is 0.600. The molecule has 1 aliphatic rings. The van der Waals surface area contributed by atoms with Gasteiger partial charge in [0.05, 0.1) is 6.04 Å². The number of rotatable bonds is 5. The second kappa shape index (κ2) is 8.63. The van der Waals surface area contributed by atoms with Crippen LogP contribution in [0.2, 0.25) is 0 Å². The molecule has 2 heterocycles. The Morgan fingerprint density at radius 1 is 1.25 bits per heavy atom. The Morgan fingerprint density at radius 3 is 2.71 bits per heavy atom. The molecule has 0 amide bonds. The highest BCUT2D eigenvalue weighted by Gasteiger charge is 2.34. The fraction of sp³-hybridized carbons (Fsp3) is 0.478. The topological polar surface area (TPSA) is 58.5 Å². The van der Waals surface area contributed by atoms with Crippen LogP contribution >= 0.6 is 0 Å². The lowest BCUT2D eigenvalue weighted by Gasteiger charge is -2.38. The molecule has 0 bridgehead atoms. The summed E-state index contributed by atoms with van der Waals surface area (Å²) in [5, 5.41) is 7.13. The van der Waals surface area contributed by atoms with Gasteiger partial charge in [0.2, 0.25) is 0 Å². The standard InChI is InChI=1S/C23H32N4O/c1-16(2)19(17-9-8-12-25-14-17)15-26-22(24-5)27-20-13-23(3,4)28-21-11-7-6-10-18(20)21/h6-12,14,16,19-20H,13,15H2,1-5H3,(H2,24,26,27). The van der Waals surface area contributed by atoms with Gasteiger partial charge in [-0.1, -0.05) is 38.1 Å². The minimum atomic E-state index is -0.221. The maximum atomic E-state index is 6.15. The van der Waals surface area contributed by atoms with Crippen LogP contribution in [0, 0.1) is 5.92 Å². The Labute approximate surface area is 168 Å². The van der Waals surface area contributed by atoms with E-state index in [1.807, 2.05) is 37.6 Å². The molecule has 0 aliphatic carbocycles. The summed E-state index contributed by atoms with van der Waals surface area (Å²) in [4.78, 5) is 8.75. The number of benzene rings is 1. The molecule has 150 valence electrons. The Bertz CT molecular complexity index is 801. The molecule has 0 radical (unpaired) electrons. The molecule has 5 heteroatoms. The lowest BCUT2D eigenvalue weighted by molar-refractivity contribution is 0.0694. The number of nitrogens with zero attached hydrogens (tertiary/aromatic N) is 2. The molecule has 28 heavy (non-hydrogen) atoms. The SMILES string of the molecule is CN=C(NCC(c1cccnc1)C(C)C)NC1CC(C)(C)Oc2ccccc21. The van der Waals surface area contributed by atoms with Crippen molar-refractivity contribution >= 4 is 5.96 Å². The van der Waals surface area contributed by atoms with E-state index in [1.165, 1.54) is 11.1 Å². The van der Waals surface area contributed by atoms with Crippen molar-refractivity contribution in [1.29, 1.82) is 0 Å². The Balaban J connectivity index is 1.71. The summed E-state index contributed by atoms with van der Waals surface area (Å²) >= 11 is 0. The molecule has 2 unspecified atom stereocenters. The van der Waals surface area contributed by atoms with Gasteiger partial charge in [-0.25, -0.2) is 0 Å². The van der Waals surface area contributed by atoms with Crippen LogP contribution < -0.4 is 15.4 Å². The number of nitrogens with one attached hydrogen (secondary N) is 2. The molecule has 3 rings (SSSR count). The van der Waals surface area contributed by atoms with Gasteiger partial charge in [-0.2, -0.15) is 0 Å². The number of fused-ring (bicyclic) bond motifs is 1. The van der Waals surface area contributed by atoms with E-state index in [0.717, 1.165) is 24.7 Å². The molecule has 0 saturated heterocycles. The van der Waals surface area contributed by atoms with Crippen molar-refractivity contribution in [3.05, 3.63) is 59.9 Å². The fourth-order valence-electron chi connectivity index (χ4n) is 3.83. The number of guanidine groups is 1. The Kier molecular flexibility index (Phi) is 6.22. The molecule has 1 aromatic heterocycles. The highest BCUT2D eigenvalue weighted by Crippen LogP contribution is 2.39. The lowest BCUT2D eigenvalue weighted by atomic mass is 9.89. The van der Waals surface area contributed by atoms with Crippen LogP contribution in [-0.2, 0) is 0 Å². The number of hydrogen-bond donors (Lipinski definition) is 2. The van der Waals surface area contributed by atoms with Gasteiger partial charge in [0, 0.05) is 43.9 Å². The minimum absolute atomic E-state index is 0.155. The van der Waals surface area contributed by atoms with Crippen LogP contribution in [0.5, 0.6) is 5.75 Å². The van der Waals surface area contributed by atoms with Gasteiger partial charge in [0.15, 0.2) is 5.96 Å². The van der Waals surface area contributed by atoms with Crippen LogP contribution in [0.3, 0.4) is 0 Å². The predicted molar refractivity (Wildman–Crippen MR) is 115 cm³/mol. The zero-order valence-electron chi connectivity index (χ0n) is 17.6. The molecule has 0 spiro atoms. The molecule has 2 atom stereocenters. The molecule has 0 fully saturated rings. The molecule has 5 nitrogen and oxygen atoms in total. The van der Waals surface area contributed by atoms with Crippen LogP contribution in [0.1, 0.15) is 57.2 Å². The van der Waals surface area contributed by atoms with Crippen LogP contribution in [0.4, 0.5) is 0 Å². The van der Waals surface area contributed by atoms with E-state index in [2.05, 4.69) is 66.5 Å². The summed E-state index contributed by atoms with van der Waals surface area (Å²) in [6.07, 6.45) is 4.65. The predicted octanol–water partition coefficient (Wildman–Crippen LogP) is 4.29. The van der Waals surface area contributed by atoms with E-state index in [-0.39, 0.29) is 11.6 Å². The second-order valence-corrected chi connectivity index (χ2v) is 8.39. The third-order valence-corrected chi connectivity index (χ3v) is 5.32. The molecule has 2 aromatic rings. The van der Waals surface area contributed by atoms with Gasteiger partial charge in [-0.05, 0) is 37.5 Å². The van der Waals surface area contributed by atoms with E-state index in [0.29, 0.717) is 11.8 Å². The summed E-state index contributed by atoms with van der Waals surface area (Å²) in [7, 11) is 1.82. The molecular weight excluding hydrogens is 348 g/mol. The van der Waals surface area contributed by atoms with Gasteiger partial charge in [-0.15, -0.1) is 0 Å². The van der Waals surface area contributed by atoms with E-state index in [9.17, 15) is 0 Å². The first-order chi connectivity index (χ1) is 13.4. The van der Waals surface area contributed by atoms with Gasteiger partial charge >= 0.3 is 0 Å². The van der Waals surface area contributed by atoms with Crippen molar-refractivity contribution in [2.75, 3.05) is 13.6 Å². The molecule has 1 aliphatic heterocycles. The zero-order chi connectivity index (χ0) is 20.1. The van der Waals surface area contributed by atoms with E-state index in [1.54, 1.807) is 0 Å². The fourth-order valence-corrected chi connectivity index (χ4v) is 3.83. The first-order valence-electron chi connectivity index (χ1n) is 10.0. The number of aromatic nitrogens is 1. The number of hydrogen-bond acceptors (Lipinski definition) is 3. The van der Waals surface area contributed by atoms with Gasteiger partial charge in [0.25, 0.3) is 0 Å².